The molecular formula is C30H19FN2. The molecule has 0 amide bonds. The van der Waals surface area contributed by atoms with Crippen LogP contribution in [0.3, 0.4) is 0 Å². The summed E-state index contributed by atoms with van der Waals surface area (Å²) in [5, 5.41) is 3.92. The van der Waals surface area contributed by atoms with Gasteiger partial charge in [-0.25, -0.2) is 4.39 Å². The third-order valence-electron chi connectivity index (χ3n) is 6.58. The Morgan fingerprint density at radius 1 is 0.424 bits per heavy atom. The van der Waals surface area contributed by atoms with Gasteiger partial charge in [-0.2, -0.15) is 0 Å². The van der Waals surface area contributed by atoms with Gasteiger partial charge in [-0.15, -0.1) is 0 Å². The van der Waals surface area contributed by atoms with E-state index in [-0.39, 0.29) is 5.82 Å². The first kappa shape index (κ1) is 18.2. The van der Waals surface area contributed by atoms with E-state index < -0.39 is 0 Å². The van der Waals surface area contributed by atoms with Crippen LogP contribution in [0.4, 0.5) is 4.39 Å². The Labute approximate surface area is 189 Å². The van der Waals surface area contributed by atoms with E-state index in [9.17, 15) is 0 Å². The van der Waals surface area contributed by atoms with E-state index in [1.165, 1.54) is 5.39 Å². The van der Waals surface area contributed by atoms with Gasteiger partial charge in [0.1, 0.15) is 5.82 Å². The molecule has 0 saturated heterocycles. The Balaban J connectivity index is 1.70. The molecule has 7 rings (SSSR count). The van der Waals surface area contributed by atoms with E-state index in [1.807, 2.05) is 30.3 Å². The summed E-state index contributed by atoms with van der Waals surface area (Å²) in [6.45, 7) is 0. The number of benzene rings is 5. The monoisotopic (exact) mass is 426 g/mol. The lowest BCUT2D eigenvalue weighted by Gasteiger charge is -2.11. The Kier molecular flexibility index (Phi) is 3.76. The fourth-order valence-electron chi connectivity index (χ4n) is 5.28. The zero-order valence-electron chi connectivity index (χ0n) is 17.7. The van der Waals surface area contributed by atoms with Crippen LogP contribution in [-0.4, -0.2) is 9.13 Å². The first-order valence-electron chi connectivity index (χ1n) is 11.1. The number of halogens is 1. The second-order valence-corrected chi connectivity index (χ2v) is 8.35. The highest BCUT2D eigenvalue weighted by atomic mass is 19.1. The zero-order valence-corrected chi connectivity index (χ0v) is 17.7. The van der Waals surface area contributed by atoms with Crippen LogP contribution < -0.4 is 0 Å². The minimum absolute atomic E-state index is 0.193. The number of aromatic nitrogens is 2. The van der Waals surface area contributed by atoms with E-state index >= 15 is 4.39 Å². The van der Waals surface area contributed by atoms with Gasteiger partial charge in [0.2, 0.25) is 0 Å². The highest BCUT2D eigenvalue weighted by molar-refractivity contribution is 6.16. The molecular weight excluding hydrogens is 407 g/mol. The van der Waals surface area contributed by atoms with Gasteiger partial charge < -0.3 is 9.13 Å². The van der Waals surface area contributed by atoms with Crippen LogP contribution in [-0.2, 0) is 0 Å². The van der Waals surface area contributed by atoms with Gasteiger partial charge >= 0.3 is 0 Å². The van der Waals surface area contributed by atoms with Crippen molar-refractivity contribution in [2.75, 3.05) is 0 Å². The zero-order chi connectivity index (χ0) is 21.9. The normalized spacial score (nSPS) is 11.8. The summed E-state index contributed by atoms with van der Waals surface area (Å²) in [5.74, 6) is -0.193. The van der Waals surface area contributed by atoms with Gasteiger partial charge in [0.15, 0.2) is 0 Å². The van der Waals surface area contributed by atoms with Crippen molar-refractivity contribution in [1.82, 2.24) is 9.13 Å². The molecule has 0 N–H and O–H groups in total. The summed E-state index contributed by atoms with van der Waals surface area (Å²) >= 11 is 0. The van der Waals surface area contributed by atoms with E-state index in [0.29, 0.717) is 5.39 Å². The van der Waals surface area contributed by atoms with Gasteiger partial charge in [0, 0.05) is 27.2 Å². The molecule has 0 atom stereocenters. The first-order chi connectivity index (χ1) is 16.3. The van der Waals surface area contributed by atoms with Crippen LogP contribution in [0.1, 0.15) is 0 Å². The van der Waals surface area contributed by atoms with Gasteiger partial charge in [0.05, 0.1) is 27.8 Å². The largest absolute Gasteiger partial charge is 0.309 e. The second kappa shape index (κ2) is 6.81. The molecule has 0 unspecified atom stereocenters. The Bertz CT molecular complexity index is 1820. The maximum atomic E-state index is 15.0. The SMILES string of the molecule is Fc1cccc2c1c1ccccc1n2-c1cccc2c1c1ccccc1n2-c1ccccc1. The average molecular weight is 426 g/mol. The van der Waals surface area contributed by atoms with E-state index in [1.54, 1.807) is 12.1 Å². The summed E-state index contributed by atoms with van der Waals surface area (Å²) in [6.07, 6.45) is 0. The third kappa shape index (κ3) is 2.48. The molecule has 7 aromatic rings. The predicted molar refractivity (Wildman–Crippen MR) is 135 cm³/mol. The van der Waals surface area contributed by atoms with Crippen molar-refractivity contribution in [3.63, 3.8) is 0 Å². The van der Waals surface area contributed by atoms with Crippen molar-refractivity contribution < 1.29 is 4.39 Å². The Morgan fingerprint density at radius 3 is 1.73 bits per heavy atom. The van der Waals surface area contributed by atoms with E-state index in [0.717, 1.165) is 44.2 Å². The number of hydrogen-bond acceptors (Lipinski definition) is 0. The molecule has 0 fully saturated rings. The molecule has 0 spiro atoms. The van der Waals surface area contributed by atoms with Crippen LogP contribution in [0.2, 0.25) is 0 Å². The minimum atomic E-state index is -0.193. The van der Waals surface area contributed by atoms with Crippen molar-refractivity contribution in [3.8, 4) is 11.4 Å². The molecule has 2 aromatic heterocycles. The van der Waals surface area contributed by atoms with Crippen molar-refractivity contribution >= 4 is 43.6 Å². The molecule has 0 aliphatic rings. The highest BCUT2D eigenvalue weighted by Crippen LogP contribution is 2.40. The molecule has 33 heavy (non-hydrogen) atoms. The van der Waals surface area contributed by atoms with Gasteiger partial charge in [-0.05, 0) is 48.5 Å². The molecule has 0 aliphatic carbocycles. The fraction of sp³-hybridized carbons (Fsp3) is 0. The number of nitrogens with zero attached hydrogens (tertiary/aromatic N) is 2. The summed E-state index contributed by atoms with van der Waals surface area (Å²) in [5.41, 5.74) is 6.33. The Hall–Kier alpha value is -4.37. The maximum Gasteiger partial charge on any atom is 0.133 e. The molecule has 0 aliphatic heterocycles. The van der Waals surface area contributed by atoms with Gasteiger partial charge in [-0.3, -0.25) is 0 Å². The lowest BCUT2D eigenvalue weighted by atomic mass is 10.1. The molecule has 2 nitrogen and oxygen atoms in total. The molecule has 5 aromatic carbocycles. The van der Waals surface area contributed by atoms with Crippen LogP contribution in [0.5, 0.6) is 0 Å². The number of para-hydroxylation sites is 3. The summed E-state index contributed by atoms with van der Waals surface area (Å²) < 4.78 is 19.5. The Morgan fingerprint density at radius 2 is 0.970 bits per heavy atom. The first-order valence-corrected chi connectivity index (χ1v) is 11.1. The molecule has 0 radical (unpaired) electrons. The van der Waals surface area contributed by atoms with Crippen LogP contribution in [0, 0.1) is 5.82 Å². The summed E-state index contributed by atoms with van der Waals surface area (Å²) in [7, 11) is 0. The fourth-order valence-corrected chi connectivity index (χ4v) is 5.28. The van der Waals surface area contributed by atoms with Crippen LogP contribution >= 0.6 is 0 Å². The topological polar surface area (TPSA) is 9.86 Å². The third-order valence-corrected chi connectivity index (χ3v) is 6.58. The quantitative estimate of drug-likeness (QED) is 0.265. The lowest BCUT2D eigenvalue weighted by molar-refractivity contribution is 0.640. The number of hydrogen-bond donors (Lipinski definition) is 0. The van der Waals surface area contributed by atoms with Crippen molar-refractivity contribution in [2.24, 2.45) is 0 Å². The predicted octanol–water partition coefficient (Wildman–Crippen LogP) is 8.02. The molecule has 0 saturated carbocycles. The highest BCUT2D eigenvalue weighted by Gasteiger charge is 2.20. The van der Waals surface area contributed by atoms with Crippen LogP contribution in [0.25, 0.3) is 55.0 Å². The number of fused-ring (bicyclic) bond motifs is 6. The molecule has 2 heterocycles. The van der Waals surface area contributed by atoms with Crippen molar-refractivity contribution in [1.29, 1.82) is 0 Å². The standard InChI is InChI=1S/C30H19FN2/c31-23-14-8-17-26-29(23)21-12-4-7-16-25(21)33(26)28-19-9-18-27-30(28)22-13-5-6-15-24(22)32(27)20-10-2-1-3-11-20/h1-19H. The lowest BCUT2D eigenvalue weighted by Crippen LogP contribution is -1.96. The smallest absolute Gasteiger partial charge is 0.133 e. The number of rotatable bonds is 2. The van der Waals surface area contributed by atoms with E-state index in [2.05, 4.69) is 81.9 Å². The summed E-state index contributed by atoms with van der Waals surface area (Å²) in [6, 6.07) is 38.7. The van der Waals surface area contributed by atoms with Crippen molar-refractivity contribution in [2.45, 2.75) is 0 Å². The van der Waals surface area contributed by atoms with E-state index in [4.69, 9.17) is 0 Å². The van der Waals surface area contributed by atoms with Crippen molar-refractivity contribution in [3.05, 3.63) is 121 Å². The molecule has 156 valence electrons. The maximum absolute atomic E-state index is 15.0. The summed E-state index contributed by atoms with van der Waals surface area (Å²) in [4.78, 5) is 0. The average Bonchev–Trinajstić information content (AvgIpc) is 3.38. The molecule has 3 heteroatoms. The van der Waals surface area contributed by atoms with Crippen LogP contribution in [0.15, 0.2) is 115 Å². The molecule has 0 bridgehead atoms. The van der Waals surface area contributed by atoms with Gasteiger partial charge in [-0.1, -0.05) is 66.7 Å². The van der Waals surface area contributed by atoms with Gasteiger partial charge in [0.25, 0.3) is 0 Å². The minimum Gasteiger partial charge on any atom is -0.309 e. The second-order valence-electron chi connectivity index (χ2n) is 8.35.